The molecule has 13 nitrogen and oxygen atoms in total. The van der Waals surface area contributed by atoms with Gasteiger partial charge >= 0.3 is 5.97 Å². The van der Waals surface area contributed by atoms with Gasteiger partial charge in [0.15, 0.2) is 11.9 Å². The number of rotatable bonds is 12. The van der Waals surface area contributed by atoms with Crippen LogP contribution in [0.2, 0.25) is 0 Å². The highest BCUT2D eigenvalue weighted by Gasteiger charge is 2.40. The third-order valence-corrected chi connectivity index (χ3v) is 11.3. The number of Topliss-reactive ketones (excluding diaryl/α,β-unsaturated/α-hetero) is 1. The van der Waals surface area contributed by atoms with Crippen molar-refractivity contribution < 1.29 is 38.3 Å². The van der Waals surface area contributed by atoms with Crippen LogP contribution in [0.25, 0.3) is 0 Å². The van der Waals surface area contributed by atoms with Crippen molar-refractivity contribution in [3.05, 3.63) is 35.9 Å². The van der Waals surface area contributed by atoms with Gasteiger partial charge < -0.3 is 30.1 Å². The van der Waals surface area contributed by atoms with Gasteiger partial charge in [0.2, 0.25) is 23.6 Å². The molecule has 1 unspecified atom stereocenters. The number of carbonyl (C=O) groups is 7. The molecule has 5 amide bonds. The van der Waals surface area contributed by atoms with Crippen LogP contribution in [-0.2, 0) is 44.7 Å². The zero-order valence-corrected chi connectivity index (χ0v) is 37.5. The molecule has 0 bridgehead atoms. The number of benzene rings is 1. The lowest BCUT2D eigenvalue weighted by Gasteiger charge is -2.35. The summed E-state index contributed by atoms with van der Waals surface area (Å²) < 4.78 is 5.56. The van der Waals surface area contributed by atoms with Gasteiger partial charge in [-0.1, -0.05) is 105 Å². The Morgan fingerprint density at radius 2 is 1.29 bits per heavy atom. The van der Waals surface area contributed by atoms with Crippen LogP contribution in [0.3, 0.4) is 0 Å². The smallest absolute Gasteiger partial charge is 0.329 e. The molecule has 2 rings (SSSR count). The molecule has 8 atom stereocenters. The maximum absolute atomic E-state index is 14.7. The van der Waals surface area contributed by atoms with Crippen LogP contribution in [0.5, 0.6) is 0 Å². The summed E-state index contributed by atoms with van der Waals surface area (Å²) in [6.45, 7) is 18.3. The van der Waals surface area contributed by atoms with Gasteiger partial charge in [0.25, 0.3) is 5.91 Å². The molecular weight excluding hydrogens is 739 g/mol. The van der Waals surface area contributed by atoms with E-state index >= 15 is 0 Å². The van der Waals surface area contributed by atoms with Crippen molar-refractivity contribution in [2.45, 2.75) is 157 Å². The van der Waals surface area contributed by atoms with E-state index in [1.54, 1.807) is 20.9 Å². The van der Waals surface area contributed by atoms with Gasteiger partial charge in [-0.25, -0.2) is 4.79 Å². The summed E-state index contributed by atoms with van der Waals surface area (Å²) in [5.74, 6) is -4.95. The minimum Gasteiger partial charge on any atom is -0.451 e. The Morgan fingerprint density at radius 3 is 1.84 bits per heavy atom. The van der Waals surface area contributed by atoms with Gasteiger partial charge in [-0.15, -0.1) is 0 Å². The lowest BCUT2D eigenvalue weighted by atomic mass is 9.86. The number of likely N-dealkylation sites (N-methyl/N-ethyl adjacent to an activating group) is 3. The highest BCUT2D eigenvalue weighted by atomic mass is 16.5. The van der Waals surface area contributed by atoms with Crippen molar-refractivity contribution in [1.29, 1.82) is 0 Å². The maximum Gasteiger partial charge on any atom is 0.329 e. The van der Waals surface area contributed by atoms with Gasteiger partial charge in [-0.2, -0.15) is 0 Å². The fraction of sp³-hybridized carbons (Fsp3) is 0.711. The Bertz CT molecular complexity index is 1550. The monoisotopic (exact) mass is 812 g/mol. The molecule has 1 saturated heterocycles. The van der Waals surface area contributed by atoms with Gasteiger partial charge in [-0.05, 0) is 62.3 Å². The van der Waals surface area contributed by atoms with Crippen molar-refractivity contribution in [3.63, 3.8) is 0 Å². The molecule has 1 aliphatic rings. The fourth-order valence-corrected chi connectivity index (χ4v) is 7.50. The molecule has 0 radical (unpaired) electrons. The zero-order valence-electron chi connectivity index (χ0n) is 37.5. The number of ketones is 1. The van der Waals surface area contributed by atoms with Crippen molar-refractivity contribution in [1.82, 2.24) is 25.3 Å². The molecule has 1 fully saturated rings. The normalized spacial score (nSPS) is 26.2. The van der Waals surface area contributed by atoms with E-state index in [9.17, 15) is 33.6 Å². The number of esters is 1. The van der Waals surface area contributed by atoms with Gasteiger partial charge in [0.1, 0.15) is 24.2 Å². The van der Waals surface area contributed by atoms with E-state index in [-0.39, 0.29) is 42.8 Å². The van der Waals surface area contributed by atoms with E-state index in [0.29, 0.717) is 12.8 Å². The van der Waals surface area contributed by atoms with Crippen LogP contribution >= 0.6 is 0 Å². The molecule has 1 aromatic rings. The van der Waals surface area contributed by atoms with Crippen molar-refractivity contribution in [3.8, 4) is 0 Å². The predicted molar refractivity (Wildman–Crippen MR) is 225 cm³/mol. The first-order valence-electron chi connectivity index (χ1n) is 21.3. The van der Waals surface area contributed by atoms with Gasteiger partial charge in [0, 0.05) is 39.9 Å². The van der Waals surface area contributed by atoms with E-state index in [4.69, 9.17) is 4.74 Å². The number of nitrogens with one attached hydrogen (secondary N) is 2. The number of hydrogen-bond acceptors (Lipinski definition) is 8. The Kier molecular flexibility index (Phi) is 20.1. The second-order valence-corrected chi connectivity index (χ2v) is 17.7. The lowest BCUT2D eigenvalue weighted by molar-refractivity contribution is -0.162. The number of unbranched alkanes of at least 4 members (excludes halogenated alkanes) is 1. The third kappa shape index (κ3) is 14.5. The Morgan fingerprint density at radius 1 is 0.707 bits per heavy atom. The number of ether oxygens (including phenoxy) is 1. The Labute approximate surface area is 347 Å². The highest BCUT2D eigenvalue weighted by molar-refractivity contribution is 5.97. The molecule has 0 spiro atoms. The van der Waals surface area contributed by atoms with Crippen LogP contribution in [0.1, 0.15) is 120 Å². The molecule has 1 aromatic carbocycles. The summed E-state index contributed by atoms with van der Waals surface area (Å²) in [6, 6.07) is 4.10. The molecule has 0 aromatic heterocycles. The summed E-state index contributed by atoms with van der Waals surface area (Å²) in [7, 11) is 4.55. The molecule has 58 heavy (non-hydrogen) atoms. The lowest BCUT2D eigenvalue weighted by Crippen LogP contribution is -2.57. The van der Waals surface area contributed by atoms with E-state index in [1.165, 1.54) is 42.6 Å². The van der Waals surface area contributed by atoms with E-state index < -0.39 is 83.7 Å². The number of amides is 5. The summed E-state index contributed by atoms with van der Waals surface area (Å²) in [5.41, 5.74) is 0.797. The standard InChI is InChI=1S/C45H73N5O8/c1-14-15-19-30(8)24-35-43(55)48(11)31(9)45(57)58-32(10)40(52)47-39(29(6)7)44(56)49(12)36(23-28(4)5)38(51)26-34(22-27(2)3)42(54)50(13)37(41(53)46-35)25-33-20-17-16-18-21-33/h16-18,20-21,27-32,34-37,39H,14-15,19,22-26H2,1-13H3,(H,46,53)(H,47,52)/t30-,31+,32-,34-,35?,36+,37+,39+/m1/s1. The first-order chi connectivity index (χ1) is 27.1. The molecule has 1 heterocycles. The molecule has 0 aliphatic carbocycles. The number of carbonyl (C=O) groups excluding carboxylic acids is 7. The van der Waals surface area contributed by atoms with E-state index in [0.717, 1.165) is 24.8 Å². The van der Waals surface area contributed by atoms with Crippen molar-refractivity contribution >= 4 is 41.3 Å². The largest absolute Gasteiger partial charge is 0.451 e. The first-order valence-corrected chi connectivity index (χ1v) is 21.3. The third-order valence-electron chi connectivity index (χ3n) is 11.3. The summed E-state index contributed by atoms with van der Waals surface area (Å²) in [6.07, 6.45) is 2.32. The topological polar surface area (TPSA) is 162 Å². The van der Waals surface area contributed by atoms with E-state index in [1.807, 2.05) is 65.0 Å². The average molecular weight is 812 g/mol. The molecule has 1 aliphatic heterocycles. The van der Waals surface area contributed by atoms with Crippen molar-refractivity contribution in [2.75, 3.05) is 21.1 Å². The first kappa shape index (κ1) is 49.9. The Balaban J connectivity index is 2.81. The second-order valence-electron chi connectivity index (χ2n) is 17.7. The summed E-state index contributed by atoms with van der Waals surface area (Å²) >= 11 is 0. The highest BCUT2D eigenvalue weighted by Crippen LogP contribution is 2.25. The minimum absolute atomic E-state index is 0.00606. The van der Waals surface area contributed by atoms with Crippen LogP contribution in [0.4, 0.5) is 0 Å². The molecule has 13 heteroatoms. The zero-order chi connectivity index (χ0) is 44.0. The quantitative estimate of drug-likeness (QED) is 0.273. The van der Waals surface area contributed by atoms with E-state index in [2.05, 4.69) is 17.6 Å². The predicted octanol–water partition coefficient (Wildman–Crippen LogP) is 5.18. The maximum atomic E-state index is 14.7. The summed E-state index contributed by atoms with van der Waals surface area (Å²) in [5, 5.41) is 5.71. The Hall–Kier alpha value is -4.29. The number of hydrogen-bond donors (Lipinski definition) is 2. The number of cyclic esters (lactones) is 1. The van der Waals surface area contributed by atoms with Crippen LogP contribution in [0, 0.1) is 29.6 Å². The molecule has 2 N–H and O–H groups in total. The second kappa shape index (κ2) is 23.3. The van der Waals surface area contributed by atoms with Crippen molar-refractivity contribution in [2.24, 2.45) is 29.6 Å². The molecular formula is C45H73N5O8. The minimum atomic E-state index is -1.32. The van der Waals surface area contributed by atoms with Crippen LogP contribution in [0.15, 0.2) is 30.3 Å². The summed E-state index contributed by atoms with van der Waals surface area (Å²) in [4.78, 5) is 103. The number of nitrogens with zero attached hydrogens (tertiary/aromatic N) is 3. The average Bonchev–Trinajstić information content (AvgIpc) is 3.17. The van der Waals surface area contributed by atoms with Gasteiger partial charge in [-0.3, -0.25) is 28.8 Å². The van der Waals surface area contributed by atoms with Gasteiger partial charge in [0.05, 0.1) is 6.04 Å². The molecule has 326 valence electrons. The fourth-order valence-electron chi connectivity index (χ4n) is 7.50. The molecule has 0 saturated carbocycles. The van der Waals surface area contributed by atoms with Crippen LogP contribution in [-0.4, -0.2) is 113 Å². The SMILES string of the molecule is CCCC[C@@H](C)CC1NC(=O)[C@H](Cc2ccccc2)N(C)C(=O)[C@H](CC(C)C)CC(=O)[C@H](CC(C)C)N(C)C(=O)[C@H](C(C)C)NC(=O)[C@@H](C)OC(=O)[C@H](C)N(C)C1=O. The van der Waals surface area contributed by atoms with Crippen LogP contribution < -0.4 is 10.6 Å².